The van der Waals surface area contributed by atoms with Gasteiger partial charge in [-0.15, -0.1) is 0 Å². The molecule has 0 saturated heterocycles. The standard InChI is InChI=1S/C10H17N3O2/c1-3-7-11-9-12-8(13-15-9)10(14-2)5-4-6-10/h3-7H2,1-2H3,(H,11,12,13). The van der Waals surface area contributed by atoms with Crippen molar-refractivity contribution in [2.24, 2.45) is 0 Å². The average molecular weight is 211 g/mol. The predicted octanol–water partition coefficient (Wildman–Crippen LogP) is 1.92. The Hall–Kier alpha value is -1.10. The number of ether oxygens (including phenoxy) is 1. The van der Waals surface area contributed by atoms with Gasteiger partial charge in [0.05, 0.1) is 0 Å². The van der Waals surface area contributed by atoms with E-state index in [0.29, 0.717) is 11.8 Å². The molecule has 0 aliphatic heterocycles. The summed E-state index contributed by atoms with van der Waals surface area (Å²) in [6.45, 7) is 2.94. The Morgan fingerprint density at radius 1 is 1.53 bits per heavy atom. The Labute approximate surface area is 89.2 Å². The minimum Gasteiger partial charge on any atom is -0.370 e. The minimum atomic E-state index is -0.282. The van der Waals surface area contributed by atoms with Crippen molar-refractivity contribution in [2.45, 2.75) is 38.2 Å². The molecule has 1 fully saturated rings. The van der Waals surface area contributed by atoms with E-state index in [1.54, 1.807) is 7.11 Å². The quantitative estimate of drug-likeness (QED) is 0.806. The van der Waals surface area contributed by atoms with E-state index in [0.717, 1.165) is 25.8 Å². The second-order valence-corrected chi connectivity index (χ2v) is 3.90. The van der Waals surface area contributed by atoms with Crippen LogP contribution in [0.15, 0.2) is 4.52 Å². The van der Waals surface area contributed by atoms with Crippen LogP contribution < -0.4 is 5.32 Å². The van der Waals surface area contributed by atoms with Gasteiger partial charge in [-0.05, 0) is 25.7 Å². The molecule has 5 heteroatoms. The third-order valence-electron chi connectivity index (χ3n) is 2.91. The topological polar surface area (TPSA) is 60.2 Å². The number of nitrogens with zero attached hydrogens (tertiary/aromatic N) is 2. The van der Waals surface area contributed by atoms with Crippen LogP contribution in [0, 0.1) is 0 Å². The summed E-state index contributed by atoms with van der Waals surface area (Å²) in [4.78, 5) is 4.30. The molecule has 15 heavy (non-hydrogen) atoms. The molecule has 5 nitrogen and oxygen atoms in total. The normalized spacial score (nSPS) is 18.5. The average Bonchev–Trinajstić information content (AvgIpc) is 2.63. The van der Waals surface area contributed by atoms with Crippen molar-refractivity contribution in [2.75, 3.05) is 19.0 Å². The first-order chi connectivity index (χ1) is 7.30. The molecule has 1 saturated carbocycles. The summed E-state index contributed by atoms with van der Waals surface area (Å²) in [5.74, 6) is 0.676. The van der Waals surface area contributed by atoms with Crippen molar-refractivity contribution in [3.63, 3.8) is 0 Å². The van der Waals surface area contributed by atoms with Gasteiger partial charge >= 0.3 is 6.01 Å². The zero-order chi connectivity index (χ0) is 10.7. The fraction of sp³-hybridized carbons (Fsp3) is 0.800. The molecule has 0 bridgehead atoms. The van der Waals surface area contributed by atoms with Crippen molar-refractivity contribution < 1.29 is 9.26 Å². The molecular formula is C10H17N3O2. The molecule has 0 aromatic carbocycles. The Kier molecular flexibility index (Phi) is 2.90. The van der Waals surface area contributed by atoms with Crippen LogP contribution in [0.25, 0.3) is 0 Å². The molecule has 84 valence electrons. The van der Waals surface area contributed by atoms with Crippen LogP contribution in [0.3, 0.4) is 0 Å². The van der Waals surface area contributed by atoms with E-state index < -0.39 is 0 Å². The lowest BCUT2D eigenvalue weighted by atomic mass is 9.79. The number of anilines is 1. The zero-order valence-electron chi connectivity index (χ0n) is 9.25. The van der Waals surface area contributed by atoms with Gasteiger partial charge in [-0.2, -0.15) is 4.98 Å². The Bertz CT molecular complexity index is 315. The molecule has 1 aliphatic rings. The molecule has 1 heterocycles. The van der Waals surface area contributed by atoms with Crippen molar-refractivity contribution in [1.82, 2.24) is 10.1 Å². The highest BCUT2D eigenvalue weighted by atomic mass is 16.5. The van der Waals surface area contributed by atoms with E-state index in [2.05, 4.69) is 22.4 Å². The summed E-state index contributed by atoms with van der Waals surface area (Å²) < 4.78 is 10.6. The summed E-state index contributed by atoms with van der Waals surface area (Å²) >= 11 is 0. The van der Waals surface area contributed by atoms with Crippen LogP contribution in [0.4, 0.5) is 6.01 Å². The van der Waals surface area contributed by atoms with Gasteiger partial charge in [-0.25, -0.2) is 0 Å². The van der Waals surface area contributed by atoms with Crippen molar-refractivity contribution in [1.29, 1.82) is 0 Å². The molecule has 1 aromatic rings. The Balaban J connectivity index is 2.05. The summed E-state index contributed by atoms with van der Waals surface area (Å²) in [6.07, 6.45) is 4.17. The van der Waals surface area contributed by atoms with Crippen molar-refractivity contribution in [3.8, 4) is 0 Å². The highest BCUT2D eigenvalue weighted by Crippen LogP contribution is 2.42. The maximum atomic E-state index is 5.46. The summed E-state index contributed by atoms with van der Waals surface area (Å²) in [7, 11) is 1.70. The molecule has 0 radical (unpaired) electrons. The van der Waals surface area contributed by atoms with Crippen LogP contribution in [0.2, 0.25) is 0 Å². The van der Waals surface area contributed by atoms with Gasteiger partial charge in [-0.1, -0.05) is 12.1 Å². The number of aromatic nitrogens is 2. The number of nitrogens with one attached hydrogen (secondary N) is 1. The lowest BCUT2D eigenvalue weighted by molar-refractivity contribution is -0.0858. The molecule has 1 aliphatic carbocycles. The van der Waals surface area contributed by atoms with E-state index in [-0.39, 0.29) is 5.60 Å². The second-order valence-electron chi connectivity index (χ2n) is 3.90. The minimum absolute atomic E-state index is 0.282. The molecule has 0 unspecified atom stereocenters. The summed E-state index contributed by atoms with van der Waals surface area (Å²) in [6, 6.07) is 0.496. The summed E-state index contributed by atoms with van der Waals surface area (Å²) in [5.41, 5.74) is -0.282. The highest BCUT2D eigenvalue weighted by Gasteiger charge is 2.43. The fourth-order valence-electron chi connectivity index (χ4n) is 1.73. The van der Waals surface area contributed by atoms with Crippen LogP contribution in [0.5, 0.6) is 0 Å². The first-order valence-corrected chi connectivity index (χ1v) is 5.44. The first-order valence-electron chi connectivity index (χ1n) is 5.44. The fourth-order valence-corrected chi connectivity index (χ4v) is 1.73. The number of rotatable bonds is 5. The second kappa shape index (κ2) is 4.18. The number of hydrogen-bond acceptors (Lipinski definition) is 5. The van der Waals surface area contributed by atoms with Crippen LogP contribution >= 0.6 is 0 Å². The van der Waals surface area contributed by atoms with E-state index in [1.165, 1.54) is 6.42 Å². The molecule has 2 rings (SSSR count). The maximum absolute atomic E-state index is 5.46. The lowest BCUT2D eigenvalue weighted by Gasteiger charge is -2.37. The van der Waals surface area contributed by atoms with Gasteiger partial charge in [-0.3, -0.25) is 0 Å². The Morgan fingerprint density at radius 3 is 2.87 bits per heavy atom. The van der Waals surface area contributed by atoms with Crippen LogP contribution in [-0.4, -0.2) is 23.8 Å². The zero-order valence-corrected chi connectivity index (χ0v) is 9.25. The largest absolute Gasteiger partial charge is 0.370 e. The highest BCUT2D eigenvalue weighted by molar-refractivity contribution is 5.21. The van der Waals surface area contributed by atoms with Gasteiger partial charge < -0.3 is 14.6 Å². The molecule has 0 amide bonds. The van der Waals surface area contributed by atoms with Gasteiger partial charge in [0.2, 0.25) is 5.82 Å². The van der Waals surface area contributed by atoms with Crippen molar-refractivity contribution >= 4 is 6.01 Å². The molecule has 0 atom stereocenters. The number of hydrogen-bond donors (Lipinski definition) is 1. The first kappa shape index (κ1) is 10.4. The van der Waals surface area contributed by atoms with E-state index in [9.17, 15) is 0 Å². The van der Waals surface area contributed by atoms with Gasteiger partial charge in [0, 0.05) is 13.7 Å². The Morgan fingerprint density at radius 2 is 2.33 bits per heavy atom. The van der Waals surface area contributed by atoms with E-state index in [4.69, 9.17) is 9.26 Å². The molecular weight excluding hydrogens is 194 g/mol. The molecule has 1 N–H and O–H groups in total. The monoisotopic (exact) mass is 211 g/mol. The maximum Gasteiger partial charge on any atom is 0.321 e. The van der Waals surface area contributed by atoms with Gasteiger partial charge in [0.25, 0.3) is 0 Å². The number of methoxy groups -OCH3 is 1. The van der Waals surface area contributed by atoms with Crippen LogP contribution in [-0.2, 0) is 10.3 Å². The van der Waals surface area contributed by atoms with Crippen molar-refractivity contribution in [3.05, 3.63) is 5.82 Å². The third-order valence-corrected chi connectivity index (χ3v) is 2.91. The lowest BCUT2D eigenvalue weighted by Crippen LogP contribution is -2.37. The van der Waals surface area contributed by atoms with Gasteiger partial charge in [0.1, 0.15) is 5.60 Å². The summed E-state index contributed by atoms with van der Waals surface area (Å²) in [5, 5.41) is 7.02. The molecule has 0 spiro atoms. The smallest absolute Gasteiger partial charge is 0.321 e. The van der Waals surface area contributed by atoms with Gasteiger partial charge in [0.15, 0.2) is 0 Å². The SMILES string of the molecule is CCCNc1nc(C2(OC)CCC2)no1. The third kappa shape index (κ3) is 1.84. The molecule has 1 aromatic heterocycles. The van der Waals surface area contributed by atoms with Crippen LogP contribution in [0.1, 0.15) is 38.4 Å². The van der Waals surface area contributed by atoms with E-state index >= 15 is 0 Å². The predicted molar refractivity (Wildman–Crippen MR) is 55.6 cm³/mol. The van der Waals surface area contributed by atoms with E-state index in [1.807, 2.05) is 0 Å².